The van der Waals surface area contributed by atoms with E-state index >= 15 is 0 Å². The Balaban J connectivity index is 0.00000107. The molecule has 3 heterocycles. The van der Waals surface area contributed by atoms with Gasteiger partial charge in [-0.25, -0.2) is 0 Å². The maximum absolute atomic E-state index is 12.7. The molecule has 2 saturated heterocycles. The topological polar surface area (TPSA) is 83.0 Å². The van der Waals surface area contributed by atoms with Gasteiger partial charge in [0, 0.05) is 38.4 Å². The van der Waals surface area contributed by atoms with Gasteiger partial charge < -0.3 is 19.6 Å². The summed E-state index contributed by atoms with van der Waals surface area (Å²) in [6, 6.07) is 4.05. The number of unbranched alkanes of at least 4 members (excludes halogenated alkanes) is 3. The molecule has 1 atom stereocenters. The molecule has 0 aliphatic carbocycles. The zero-order chi connectivity index (χ0) is 22.4. The van der Waals surface area contributed by atoms with Crippen LogP contribution in [0.5, 0.6) is 0 Å². The first-order valence-electron chi connectivity index (χ1n) is 11.3. The maximum Gasteiger partial charge on any atom is 0.290 e. The number of halogens is 1. The molecule has 7 nitrogen and oxygen atoms in total. The highest BCUT2D eigenvalue weighted by Crippen LogP contribution is 2.30. The predicted octanol–water partition coefficient (Wildman–Crippen LogP) is 2.94. The molecule has 1 aromatic rings. The Morgan fingerprint density at radius 3 is 2.81 bits per heavy atom. The van der Waals surface area contributed by atoms with Crippen molar-refractivity contribution in [1.82, 2.24) is 14.8 Å². The standard InChI is InChI=1S/C22H34FN3O2.CH2O2/c23-11-4-1-5-13-25-14-10-22(18-25)19-26(15-16-28-22)21(27)9-3-2-7-20-8-6-12-24-17-20;2-1-3/h6,8,12,17H,1-5,7,9-11,13-16,18-19H2;1H,(H,2,3). The predicted molar refractivity (Wildman–Crippen MR) is 117 cm³/mol. The molecule has 8 heteroatoms. The summed E-state index contributed by atoms with van der Waals surface area (Å²) in [5.74, 6) is 0.259. The lowest BCUT2D eigenvalue weighted by atomic mass is 10.00. The minimum Gasteiger partial charge on any atom is -0.483 e. The second-order valence-corrected chi connectivity index (χ2v) is 8.30. The van der Waals surface area contributed by atoms with Crippen LogP contribution in [0.15, 0.2) is 24.5 Å². The summed E-state index contributed by atoms with van der Waals surface area (Å²) in [7, 11) is 0. The summed E-state index contributed by atoms with van der Waals surface area (Å²) in [6.45, 7) is 4.52. The molecule has 0 saturated carbocycles. The first kappa shape index (κ1) is 25.2. The van der Waals surface area contributed by atoms with E-state index in [-0.39, 0.29) is 24.7 Å². The number of rotatable bonds is 10. The van der Waals surface area contributed by atoms with Crippen LogP contribution < -0.4 is 0 Å². The minimum atomic E-state index is -0.250. The number of nitrogens with zero attached hydrogens (tertiary/aromatic N) is 3. The molecule has 0 bridgehead atoms. The average molecular weight is 438 g/mol. The molecule has 2 aliphatic heterocycles. The Hall–Kier alpha value is -2.06. The number of aryl methyl sites for hydroxylation is 1. The molecule has 31 heavy (non-hydrogen) atoms. The summed E-state index contributed by atoms with van der Waals surface area (Å²) in [5.41, 5.74) is 1.04. The number of aromatic nitrogens is 1. The van der Waals surface area contributed by atoms with Gasteiger partial charge in [0.2, 0.25) is 5.91 Å². The van der Waals surface area contributed by atoms with Crippen molar-refractivity contribution in [1.29, 1.82) is 0 Å². The van der Waals surface area contributed by atoms with Crippen molar-refractivity contribution in [2.24, 2.45) is 0 Å². The fourth-order valence-electron chi connectivity index (χ4n) is 4.34. The molecule has 1 N–H and O–H groups in total. The van der Waals surface area contributed by atoms with Gasteiger partial charge in [-0.15, -0.1) is 0 Å². The lowest BCUT2D eigenvalue weighted by Crippen LogP contribution is -2.55. The summed E-state index contributed by atoms with van der Waals surface area (Å²) < 4.78 is 18.4. The van der Waals surface area contributed by atoms with Gasteiger partial charge in [0.15, 0.2) is 0 Å². The smallest absolute Gasteiger partial charge is 0.290 e. The van der Waals surface area contributed by atoms with Crippen LogP contribution in [0.3, 0.4) is 0 Å². The van der Waals surface area contributed by atoms with Crippen molar-refractivity contribution in [2.75, 3.05) is 46.0 Å². The number of alkyl halides is 1. The van der Waals surface area contributed by atoms with E-state index in [1.54, 1.807) is 6.20 Å². The van der Waals surface area contributed by atoms with E-state index in [0.29, 0.717) is 26.0 Å². The van der Waals surface area contributed by atoms with Gasteiger partial charge >= 0.3 is 0 Å². The lowest BCUT2D eigenvalue weighted by Gasteiger charge is -2.40. The Kier molecular flexibility index (Phi) is 11.5. The molecular weight excluding hydrogens is 401 g/mol. The Bertz CT molecular complexity index is 649. The molecule has 3 rings (SSSR count). The fourth-order valence-corrected chi connectivity index (χ4v) is 4.34. The van der Waals surface area contributed by atoms with Crippen LogP contribution >= 0.6 is 0 Å². The van der Waals surface area contributed by atoms with Crippen LogP contribution in [0.1, 0.15) is 50.5 Å². The number of morpholine rings is 1. The first-order valence-corrected chi connectivity index (χ1v) is 11.3. The van der Waals surface area contributed by atoms with E-state index in [1.807, 2.05) is 17.2 Å². The molecule has 0 aromatic carbocycles. The molecule has 2 fully saturated rings. The van der Waals surface area contributed by atoms with Gasteiger partial charge in [0.25, 0.3) is 6.47 Å². The average Bonchev–Trinajstić information content (AvgIpc) is 3.17. The molecular formula is C23H36FN3O4. The van der Waals surface area contributed by atoms with E-state index in [1.165, 1.54) is 5.56 Å². The third-order valence-corrected chi connectivity index (χ3v) is 5.93. The molecule has 0 radical (unpaired) electrons. The zero-order valence-electron chi connectivity index (χ0n) is 18.4. The number of hydrogen-bond donors (Lipinski definition) is 1. The number of hydrogen-bond acceptors (Lipinski definition) is 5. The van der Waals surface area contributed by atoms with Crippen LogP contribution in [0.2, 0.25) is 0 Å². The third kappa shape index (κ3) is 8.91. The lowest BCUT2D eigenvalue weighted by molar-refractivity contribution is -0.149. The van der Waals surface area contributed by atoms with Crippen LogP contribution in [0, 0.1) is 0 Å². The first-order chi connectivity index (χ1) is 15.1. The fraction of sp³-hybridized carbons (Fsp3) is 0.696. The number of carboxylic acid groups (broad SMARTS) is 1. The Labute approximate surface area is 184 Å². The van der Waals surface area contributed by atoms with Gasteiger partial charge in [-0.2, -0.15) is 0 Å². The van der Waals surface area contributed by atoms with Crippen LogP contribution in [0.4, 0.5) is 4.39 Å². The van der Waals surface area contributed by atoms with E-state index < -0.39 is 0 Å². The van der Waals surface area contributed by atoms with Crippen molar-refractivity contribution >= 4 is 12.4 Å². The molecule has 2 aliphatic rings. The molecule has 1 unspecified atom stereocenters. The van der Waals surface area contributed by atoms with Crippen LogP contribution in [-0.2, 0) is 20.7 Å². The van der Waals surface area contributed by atoms with E-state index in [9.17, 15) is 9.18 Å². The molecule has 1 aromatic heterocycles. The summed E-state index contributed by atoms with van der Waals surface area (Å²) in [6.07, 6.45) is 10.9. The highest BCUT2D eigenvalue weighted by Gasteiger charge is 2.43. The Morgan fingerprint density at radius 2 is 2.06 bits per heavy atom. The van der Waals surface area contributed by atoms with Gasteiger partial charge in [-0.05, 0) is 63.1 Å². The van der Waals surface area contributed by atoms with Gasteiger partial charge in [0.05, 0.1) is 25.4 Å². The monoisotopic (exact) mass is 437 g/mol. The molecule has 1 amide bonds. The van der Waals surface area contributed by atoms with Crippen molar-refractivity contribution in [3.8, 4) is 0 Å². The van der Waals surface area contributed by atoms with Crippen molar-refractivity contribution in [3.63, 3.8) is 0 Å². The van der Waals surface area contributed by atoms with Crippen molar-refractivity contribution < 1.29 is 23.8 Å². The van der Waals surface area contributed by atoms with E-state index in [2.05, 4.69) is 16.0 Å². The van der Waals surface area contributed by atoms with Gasteiger partial charge in [0.1, 0.15) is 0 Å². The van der Waals surface area contributed by atoms with Crippen LogP contribution in [-0.4, -0.2) is 83.9 Å². The van der Waals surface area contributed by atoms with Crippen molar-refractivity contribution in [3.05, 3.63) is 30.1 Å². The zero-order valence-corrected chi connectivity index (χ0v) is 18.4. The maximum atomic E-state index is 12.7. The highest BCUT2D eigenvalue weighted by molar-refractivity contribution is 5.76. The molecule has 174 valence electrons. The number of carbonyl (C=O) groups is 2. The van der Waals surface area contributed by atoms with Crippen LogP contribution in [0.25, 0.3) is 0 Å². The Morgan fingerprint density at radius 1 is 1.23 bits per heavy atom. The number of pyridine rings is 1. The number of amides is 1. The SMILES string of the molecule is O=C(CCCCc1cccnc1)N1CCOC2(CCN(CCCCCF)C2)C1.O=CO. The second-order valence-electron chi connectivity index (χ2n) is 8.30. The van der Waals surface area contributed by atoms with Crippen molar-refractivity contribution in [2.45, 2.75) is 57.0 Å². The minimum absolute atomic E-state index is 0.191. The summed E-state index contributed by atoms with van der Waals surface area (Å²) in [4.78, 5) is 29.6. The van der Waals surface area contributed by atoms with E-state index in [4.69, 9.17) is 14.6 Å². The number of carbonyl (C=O) groups excluding carboxylic acids is 1. The molecule has 1 spiro atoms. The quantitative estimate of drug-likeness (QED) is 0.448. The largest absolute Gasteiger partial charge is 0.483 e. The van der Waals surface area contributed by atoms with Gasteiger partial charge in [-0.1, -0.05) is 6.07 Å². The number of ether oxygens (including phenoxy) is 1. The van der Waals surface area contributed by atoms with E-state index in [0.717, 1.165) is 64.7 Å². The van der Waals surface area contributed by atoms with Gasteiger partial charge in [-0.3, -0.25) is 19.0 Å². The summed E-state index contributed by atoms with van der Waals surface area (Å²) in [5, 5.41) is 6.89. The second kappa shape index (κ2) is 14.1. The normalized spacial score (nSPS) is 21.0. The third-order valence-electron chi connectivity index (χ3n) is 5.93. The number of likely N-dealkylation sites (tertiary alicyclic amines) is 1. The highest BCUT2D eigenvalue weighted by atomic mass is 19.1. The summed E-state index contributed by atoms with van der Waals surface area (Å²) >= 11 is 0.